The Labute approximate surface area is 145 Å². The molecule has 1 aliphatic rings. The van der Waals surface area contributed by atoms with Gasteiger partial charge in [-0.25, -0.2) is 9.79 Å². The van der Waals surface area contributed by atoms with Crippen LogP contribution in [-0.2, 0) is 9.53 Å². The highest BCUT2D eigenvalue weighted by atomic mass is 79.9. The second-order valence-corrected chi connectivity index (χ2v) is 6.10. The van der Waals surface area contributed by atoms with E-state index in [-0.39, 0.29) is 11.6 Å². The summed E-state index contributed by atoms with van der Waals surface area (Å²) in [5, 5.41) is 0.784. The van der Waals surface area contributed by atoms with Crippen molar-refractivity contribution in [2.75, 3.05) is 0 Å². The van der Waals surface area contributed by atoms with E-state index in [0.717, 1.165) is 4.47 Å². The van der Waals surface area contributed by atoms with E-state index in [1.54, 1.807) is 24.3 Å². The third-order valence-corrected chi connectivity index (χ3v) is 4.52. The van der Waals surface area contributed by atoms with Crippen LogP contribution in [0.25, 0.3) is 6.08 Å². The number of hydrogen-bond donors (Lipinski definition) is 0. The summed E-state index contributed by atoms with van der Waals surface area (Å²) in [4.78, 5) is 16.2. The number of esters is 1. The van der Waals surface area contributed by atoms with Gasteiger partial charge in [-0.3, -0.25) is 0 Å². The zero-order valence-electron chi connectivity index (χ0n) is 11.0. The Bertz CT molecular complexity index is 831. The summed E-state index contributed by atoms with van der Waals surface area (Å²) in [5.41, 5.74) is 1.49. The maximum Gasteiger partial charge on any atom is 0.363 e. The van der Waals surface area contributed by atoms with Gasteiger partial charge in [0.1, 0.15) is 0 Å². The highest BCUT2D eigenvalue weighted by Crippen LogP contribution is 2.29. The maximum absolute atomic E-state index is 12.0. The predicted molar refractivity (Wildman–Crippen MR) is 91.2 cm³/mol. The van der Waals surface area contributed by atoms with E-state index >= 15 is 0 Å². The number of cyclic esters (lactones) is 1. The molecule has 3 nitrogen and oxygen atoms in total. The lowest BCUT2D eigenvalue weighted by Crippen LogP contribution is -2.05. The zero-order chi connectivity index (χ0) is 15.7. The second kappa shape index (κ2) is 6.24. The Balaban J connectivity index is 2.02. The minimum absolute atomic E-state index is 0.176. The summed E-state index contributed by atoms with van der Waals surface area (Å²) < 4.78 is 6.01. The average Bonchev–Trinajstić information content (AvgIpc) is 2.85. The first-order valence-corrected chi connectivity index (χ1v) is 7.82. The Hall–Kier alpha value is -1.62. The number of nitrogens with zero attached hydrogens (tertiary/aromatic N) is 1. The SMILES string of the molecule is O=C1OC(c2ccccc2Br)=N/C1=C\c1cccc(Cl)c1Cl. The summed E-state index contributed by atoms with van der Waals surface area (Å²) >= 11 is 15.5. The minimum atomic E-state index is -0.526. The van der Waals surface area contributed by atoms with Gasteiger partial charge in [0, 0.05) is 4.47 Å². The number of carbonyl (C=O) groups is 1. The molecule has 0 radical (unpaired) electrons. The molecule has 1 heterocycles. The lowest BCUT2D eigenvalue weighted by molar-refractivity contribution is -0.129. The van der Waals surface area contributed by atoms with Crippen LogP contribution in [0.5, 0.6) is 0 Å². The second-order valence-electron chi connectivity index (χ2n) is 4.46. The van der Waals surface area contributed by atoms with Crippen LogP contribution >= 0.6 is 39.1 Å². The molecule has 2 aromatic carbocycles. The Morgan fingerprint density at radius 3 is 2.64 bits per heavy atom. The quantitative estimate of drug-likeness (QED) is 0.523. The minimum Gasteiger partial charge on any atom is -0.402 e. The smallest absolute Gasteiger partial charge is 0.363 e. The molecule has 110 valence electrons. The molecule has 0 aliphatic carbocycles. The van der Waals surface area contributed by atoms with Gasteiger partial charge in [0.25, 0.3) is 0 Å². The Morgan fingerprint density at radius 2 is 1.86 bits per heavy atom. The molecular formula is C16H8BrCl2NO2. The maximum atomic E-state index is 12.0. The summed E-state index contributed by atoms with van der Waals surface area (Å²) in [6.45, 7) is 0. The average molecular weight is 397 g/mol. The van der Waals surface area contributed by atoms with Crippen LogP contribution in [0.15, 0.2) is 57.6 Å². The molecule has 0 amide bonds. The molecule has 0 spiro atoms. The monoisotopic (exact) mass is 395 g/mol. The van der Waals surface area contributed by atoms with Crippen LogP contribution in [0.3, 0.4) is 0 Å². The van der Waals surface area contributed by atoms with Gasteiger partial charge in [0.05, 0.1) is 15.6 Å². The van der Waals surface area contributed by atoms with Crippen molar-refractivity contribution in [2.24, 2.45) is 4.99 Å². The first kappa shape index (κ1) is 15.3. The van der Waals surface area contributed by atoms with Crippen molar-refractivity contribution in [3.63, 3.8) is 0 Å². The molecule has 0 saturated carbocycles. The van der Waals surface area contributed by atoms with E-state index in [0.29, 0.717) is 21.2 Å². The molecule has 0 unspecified atom stereocenters. The predicted octanol–water partition coefficient (Wildman–Crippen LogP) is 5.10. The van der Waals surface area contributed by atoms with E-state index in [2.05, 4.69) is 20.9 Å². The molecule has 0 bridgehead atoms. The number of rotatable bonds is 2. The number of hydrogen-bond acceptors (Lipinski definition) is 3. The van der Waals surface area contributed by atoms with Gasteiger partial charge in [-0.15, -0.1) is 0 Å². The van der Waals surface area contributed by atoms with Gasteiger partial charge in [-0.1, -0.05) is 47.5 Å². The number of ether oxygens (including phenoxy) is 1. The van der Waals surface area contributed by atoms with Gasteiger partial charge >= 0.3 is 5.97 Å². The van der Waals surface area contributed by atoms with Crippen molar-refractivity contribution < 1.29 is 9.53 Å². The van der Waals surface area contributed by atoms with E-state index < -0.39 is 5.97 Å². The van der Waals surface area contributed by atoms with Crippen LogP contribution in [0.2, 0.25) is 10.0 Å². The van der Waals surface area contributed by atoms with Crippen molar-refractivity contribution in [1.29, 1.82) is 0 Å². The van der Waals surface area contributed by atoms with Crippen molar-refractivity contribution in [3.05, 3.63) is 73.8 Å². The topological polar surface area (TPSA) is 38.7 Å². The first-order chi connectivity index (χ1) is 10.6. The zero-order valence-corrected chi connectivity index (χ0v) is 14.1. The Kier molecular flexibility index (Phi) is 4.34. The molecule has 2 aromatic rings. The van der Waals surface area contributed by atoms with Crippen molar-refractivity contribution >= 4 is 57.1 Å². The summed E-state index contributed by atoms with van der Waals surface area (Å²) in [6.07, 6.45) is 1.56. The van der Waals surface area contributed by atoms with Crippen molar-refractivity contribution in [2.45, 2.75) is 0 Å². The fourth-order valence-corrected chi connectivity index (χ4v) is 2.76. The number of benzene rings is 2. The van der Waals surface area contributed by atoms with Crippen molar-refractivity contribution in [1.82, 2.24) is 0 Å². The summed E-state index contributed by atoms with van der Waals surface area (Å²) in [5.74, 6) is -0.274. The molecule has 0 N–H and O–H groups in total. The normalized spacial score (nSPS) is 15.9. The van der Waals surface area contributed by atoms with Gasteiger partial charge in [0.15, 0.2) is 5.70 Å². The summed E-state index contributed by atoms with van der Waals surface area (Å²) in [7, 11) is 0. The lowest BCUT2D eigenvalue weighted by atomic mass is 10.2. The summed E-state index contributed by atoms with van der Waals surface area (Å²) in [6, 6.07) is 12.5. The molecule has 0 atom stereocenters. The number of aliphatic imine (C=N–C) groups is 1. The van der Waals surface area contributed by atoms with Crippen LogP contribution in [0, 0.1) is 0 Å². The van der Waals surface area contributed by atoms with Gasteiger partial charge in [0.2, 0.25) is 5.90 Å². The number of halogens is 3. The molecule has 1 aliphatic heterocycles. The third kappa shape index (κ3) is 2.95. The highest BCUT2D eigenvalue weighted by molar-refractivity contribution is 9.10. The number of carbonyl (C=O) groups excluding carboxylic acids is 1. The molecular weight excluding hydrogens is 389 g/mol. The first-order valence-electron chi connectivity index (χ1n) is 6.28. The van der Waals surface area contributed by atoms with E-state index in [4.69, 9.17) is 27.9 Å². The Morgan fingerprint density at radius 1 is 1.09 bits per heavy atom. The largest absolute Gasteiger partial charge is 0.402 e. The van der Waals surface area contributed by atoms with Crippen LogP contribution in [0.4, 0.5) is 0 Å². The van der Waals surface area contributed by atoms with Gasteiger partial charge in [-0.2, -0.15) is 0 Å². The van der Waals surface area contributed by atoms with Gasteiger partial charge < -0.3 is 4.74 Å². The molecule has 0 saturated heterocycles. The fraction of sp³-hybridized carbons (Fsp3) is 0. The molecule has 0 aromatic heterocycles. The van der Waals surface area contributed by atoms with E-state index in [9.17, 15) is 4.79 Å². The highest BCUT2D eigenvalue weighted by Gasteiger charge is 2.25. The van der Waals surface area contributed by atoms with Crippen LogP contribution in [-0.4, -0.2) is 11.9 Å². The standard InChI is InChI=1S/C16H8BrCl2NO2/c17-11-6-2-1-5-10(11)15-20-13(16(21)22-15)8-9-4-3-7-12(18)14(9)19/h1-8H/b13-8-. The van der Waals surface area contributed by atoms with Crippen LogP contribution in [0.1, 0.15) is 11.1 Å². The fourth-order valence-electron chi connectivity index (χ4n) is 1.94. The molecule has 6 heteroatoms. The van der Waals surface area contributed by atoms with Crippen LogP contribution < -0.4 is 0 Å². The molecule has 0 fully saturated rings. The molecule has 22 heavy (non-hydrogen) atoms. The third-order valence-electron chi connectivity index (χ3n) is 3.00. The molecule has 3 rings (SSSR count). The van der Waals surface area contributed by atoms with E-state index in [1.165, 1.54) is 0 Å². The van der Waals surface area contributed by atoms with Gasteiger partial charge in [-0.05, 0) is 45.8 Å². The van der Waals surface area contributed by atoms with Crippen molar-refractivity contribution in [3.8, 4) is 0 Å². The van der Waals surface area contributed by atoms with E-state index in [1.807, 2.05) is 24.3 Å². The lowest BCUT2D eigenvalue weighted by Gasteiger charge is -2.01.